The first-order chi connectivity index (χ1) is 10.3. The molecule has 1 N–H and O–H groups in total. The molecule has 0 radical (unpaired) electrons. The van der Waals surface area contributed by atoms with Crippen LogP contribution in [0.3, 0.4) is 0 Å². The second kappa shape index (κ2) is 6.65. The highest BCUT2D eigenvalue weighted by molar-refractivity contribution is 7.98. The zero-order chi connectivity index (χ0) is 16.3. The number of aromatic nitrogens is 1. The minimum Gasteiger partial charge on any atom is -0.444 e. The fourth-order valence-electron chi connectivity index (χ4n) is 2.39. The van der Waals surface area contributed by atoms with Gasteiger partial charge in [-0.2, -0.15) is 0 Å². The molecule has 2 aromatic rings. The average molecular weight is 320 g/mol. The summed E-state index contributed by atoms with van der Waals surface area (Å²) in [6.45, 7) is 6.15. The molecular formula is C17H24N2O2S. The van der Waals surface area contributed by atoms with E-state index in [0.717, 1.165) is 6.42 Å². The van der Waals surface area contributed by atoms with Crippen molar-refractivity contribution in [3.8, 4) is 0 Å². The molecule has 1 heterocycles. The SMILES string of the molecule is CSc1ccc2c(c1)c(CCNC(=O)OC(C)(C)C)cn2C. The maximum Gasteiger partial charge on any atom is 0.407 e. The van der Waals surface area contributed by atoms with Crippen LogP contribution >= 0.6 is 11.8 Å². The maximum atomic E-state index is 11.7. The van der Waals surface area contributed by atoms with E-state index in [1.165, 1.54) is 21.4 Å². The highest BCUT2D eigenvalue weighted by Crippen LogP contribution is 2.26. The Labute approximate surface area is 136 Å². The number of nitrogens with one attached hydrogen (secondary N) is 1. The largest absolute Gasteiger partial charge is 0.444 e. The zero-order valence-corrected chi connectivity index (χ0v) is 14.7. The van der Waals surface area contributed by atoms with Crippen LogP contribution in [0.25, 0.3) is 10.9 Å². The summed E-state index contributed by atoms with van der Waals surface area (Å²) in [6.07, 6.45) is 4.63. The Kier molecular flexibility index (Phi) is 5.06. The number of ether oxygens (including phenoxy) is 1. The van der Waals surface area contributed by atoms with Crippen LogP contribution in [-0.4, -0.2) is 29.1 Å². The van der Waals surface area contributed by atoms with Crippen molar-refractivity contribution in [2.75, 3.05) is 12.8 Å². The Morgan fingerprint density at radius 3 is 2.73 bits per heavy atom. The van der Waals surface area contributed by atoms with Gasteiger partial charge in [0.2, 0.25) is 0 Å². The Hall–Kier alpha value is -1.62. The number of nitrogens with zero attached hydrogens (tertiary/aromatic N) is 1. The lowest BCUT2D eigenvalue weighted by molar-refractivity contribution is 0.0528. The molecule has 0 aliphatic heterocycles. The summed E-state index contributed by atoms with van der Waals surface area (Å²) in [5.41, 5.74) is 1.99. The van der Waals surface area contributed by atoms with Crippen LogP contribution < -0.4 is 5.32 Å². The van der Waals surface area contributed by atoms with Gasteiger partial charge in [0, 0.05) is 35.6 Å². The molecule has 1 aromatic heterocycles. The van der Waals surface area contributed by atoms with Crippen LogP contribution in [0.5, 0.6) is 0 Å². The Morgan fingerprint density at radius 1 is 1.36 bits per heavy atom. The summed E-state index contributed by atoms with van der Waals surface area (Å²) in [4.78, 5) is 12.9. The van der Waals surface area contributed by atoms with Crippen molar-refractivity contribution in [1.29, 1.82) is 0 Å². The van der Waals surface area contributed by atoms with Crippen LogP contribution in [-0.2, 0) is 18.2 Å². The van der Waals surface area contributed by atoms with E-state index in [4.69, 9.17) is 4.74 Å². The van der Waals surface area contributed by atoms with Crippen LogP contribution in [0.4, 0.5) is 4.79 Å². The second-order valence-corrected chi connectivity index (χ2v) is 7.21. The van der Waals surface area contributed by atoms with Crippen molar-refractivity contribution in [3.05, 3.63) is 30.0 Å². The van der Waals surface area contributed by atoms with Crippen LogP contribution in [0, 0.1) is 0 Å². The number of rotatable bonds is 4. The van der Waals surface area contributed by atoms with Crippen molar-refractivity contribution in [1.82, 2.24) is 9.88 Å². The Balaban J connectivity index is 2.04. The number of benzene rings is 1. The molecule has 5 heteroatoms. The minimum absolute atomic E-state index is 0.363. The monoisotopic (exact) mass is 320 g/mol. The summed E-state index contributed by atoms with van der Waals surface area (Å²) >= 11 is 1.74. The van der Waals surface area contributed by atoms with E-state index in [1.54, 1.807) is 11.8 Å². The normalized spacial score (nSPS) is 11.7. The predicted molar refractivity (Wildman–Crippen MR) is 92.6 cm³/mol. The Morgan fingerprint density at radius 2 is 2.09 bits per heavy atom. The second-order valence-electron chi connectivity index (χ2n) is 6.33. The van der Waals surface area contributed by atoms with Gasteiger partial charge in [0.1, 0.15) is 5.60 Å². The molecule has 0 fully saturated rings. The van der Waals surface area contributed by atoms with E-state index in [0.29, 0.717) is 6.54 Å². The molecule has 1 amide bonds. The molecule has 0 saturated heterocycles. The highest BCUT2D eigenvalue weighted by Gasteiger charge is 2.15. The Bertz CT molecular complexity index is 671. The van der Waals surface area contributed by atoms with Gasteiger partial charge in [-0.05, 0) is 57.2 Å². The van der Waals surface area contributed by atoms with Crippen LogP contribution in [0.15, 0.2) is 29.3 Å². The lowest BCUT2D eigenvalue weighted by Gasteiger charge is -2.19. The lowest BCUT2D eigenvalue weighted by atomic mass is 10.1. The van der Waals surface area contributed by atoms with Gasteiger partial charge < -0.3 is 14.6 Å². The highest BCUT2D eigenvalue weighted by atomic mass is 32.2. The van der Waals surface area contributed by atoms with Crippen molar-refractivity contribution < 1.29 is 9.53 Å². The smallest absolute Gasteiger partial charge is 0.407 e. The van der Waals surface area contributed by atoms with Gasteiger partial charge in [-0.1, -0.05) is 0 Å². The third-order valence-electron chi connectivity index (χ3n) is 3.34. The molecular weight excluding hydrogens is 296 g/mol. The fraction of sp³-hybridized carbons (Fsp3) is 0.471. The van der Waals surface area contributed by atoms with Crippen molar-refractivity contribution in [3.63, 3.8) is 0 Å². The molecule has 0 saturated carbocycles. The molecule has 4 nitrogen and oxygen atoms in total. The number of fused-ring (bicyclic) bond motifs is 1. The standard InChI is InChI=1S/C17H24N2O2S/c1-17(2,3)21-16(20)18-9-8-12-11-19(4)15-7-6-13(22-5)10-14(12)15/h6-7,10-11H,8-9H2,1-5H3,(H,18,20). The first-order valence-corrected chi connectivity index (χ1v) is 8.61. The predicted octanol–water partition coefficient (Wildman–Crippen LogP) is 3.97. The number of thioether (sulfide) groups is 1. The number of aryl methyl sites for hydroxylation is 1. The van der Waals surface area contributed by atoms with Gasteiger partial charge in [0.05, 0.1) is 0 Å². The first-order valence-electron chi connectivity index (χ1n) is 7.39. The summed E-state index contributed by atoms with van der Waals surface area (Å²) in [6, 6.07) is 6.49. The lowest BCUT2D eigenvalue weighted by Crippen LogP contribution is -2.33. The molecule has 0 unspecified atom stereocenters. The quantitative estimate of drug-likeness (QED) is 0.867. The molecule has 2 rings (SSSR count). The summed E-state index contributed by atoms with van der Waals surface area (Å²) in [7, 11) is 2.05. The zero-order valence-electron chi connectivity index (χ0n) is 13.9. The average Bonchev–Trinajstić information content (AvgIpc) is 2.73. The molecule has 120 valence electrons. The molecule has 22 heavy (non-hydrogen) atoms. The van der Waals surface area contributed by atoms with E-state index in [-0.39, 0.29) is 6.09 Å². The van der Waals surface area contributed by atoms with E-state index < -0.39 is 5.60 Å². The van der Waals surface area contributed by atoms with Gasteiger partial charge in [-0.3, -0.25) is 0 Å². The topological polar surface area (TPSA) is 43.3 Å². The first kappa shape index (κ1) is 16.7. The van der Waals surface area contributed by atoms with Crippen LogP contribution in [0.1, 0.15) is 26.3 Å². The van der Waals surface area contributed by atoms with Crippen molar-refractivity contribution >= 4 is 28.8 Å². The van der Waals surface area contributed by atoms with E-state index in [2.05, 4.69) is 40.5 Å². The van der Waals surface area contributed by atoms with Gasteiger partial charge in [-0.15, -0.1) is 11.8 Å². The number of hydrogen-bond donors (Lipinski definition) is 1. The van der Waals surface area contributed by atoms with E-state index >= 15 is 0 Å². The van der Waals surface area contributed by atoms with E-state index in [9.17, 15) is 4.79 Å². The minimum atomic E-state index is -0.462. The number of hydrogen-bond acceptors (Lipinski definition) is 3. The maximum absolute atomic E-state index is 11.7. The number of carbonyl (C=O) groups is 1. The molecule has 0 aliphatic rings. The van der Waals surface area contributed by atoms with Gasteiger partial charge in [-0.25, -0.2) is 4.79 Å². The van der Waals surface area contributed by atoms with Gasteiger partial charge in [0.15, 0.2) is 0 Å². The van der Waals surface area contributed by atoms with Crippen molar-refractivity contribution in [2.45, 2.75) is 37.7 Å². The molecule has 0 aliphatic carbocycles. The molecule has 0 spiro atoms. The molecule has 0 atom stereocenters. The summed E-state index contributed by atoms with van der Waals surface area (Å²) < 4.78 is 7.37. The van der Waals surface area contributed by atoms with Gasteiger partial charge >= 0.3 is 6.09 Å². The molecule has 1 aromatic carbocycles. The van der Waals surface area contributed by atoms with Crippen molar-refractivity contribution in [2.24, 2.45) is 7.05 Å². The third kappa shape index (κ3) is 4.19. The van der Waals surface area contributed by atoms with Crippen LogP contribution in [0.2, 0.25) is 0 Å². The third-order valence-corrected chi connectivity index (χ3v) is 4.07. The summed E-state index contributed by atoms with van der Waals surface area (Å²) in [5, 5.41) is 4.06. The summed E-state index contributed by atoms with van der Waals surface area (Å²) in [5.74, 6) is 0. The number of carbonyl (C=O) groups excluding carboxylic acids is 1. The van der Waals surface area contributed by atoms with Gasteiger partial charge in [0.25, 0.3) is 0 Å². The fourth-order valence-corrected chi connectivity index (χ4v) is 2.83. The molecule has 0 bridgehead atoms. The van der Waals surface area contributed by atoms with E-state index in [1.807, 2.05) is 27.8 Å². The number of alkyl carbamates (subject to hydrolysis) is 1. The number of amides is 1.